The van der Waals surface area contributed by atoms with Crippen LogP contribution in [0.5, 0.6) is 0 Å². The minimum absolute atomic E-state index is 0.980. The third-order valence-corrected chi connectivity index (χ3v) is 2.44. The van der Waals surface area contributed by atoms with Crippen molar-refractivity contribution in [2.75, 3.05) is 19.0 Å². The minimum atomic E-state index is 0.980. The third kappa shape index (κ3) is 1.27. The maximum Gasteiger partial charge on any atom is 0.199 e. The van der Waals surface area contributed by atoms with Crippen LogP contribution in [0, 0.1) is 0 Å². The van der Waals surface area contributed by atoms with Crippen molar-refractivity contribution in [3.8, 4) is 0 Å². The van der Waals surface area contributed by atoms with Crippen molar-refractivity contribution in [2.24, 2.45) is 0 Å². The fourth-order valence-electron chi connectivity index (χ4n) is 1.79. The van der Waals surface area contributed by atoms with E-state index in [9.17, 15) is 0 Å². The van der Waals surface area contributed by atoms with Gasteiger partial charge in [-0.3, -0.25) is 0 Å². The molecular formula is C12H15NO. The summed E-state index contributed by atoms with van der Waals surface area (Å²) >= 11 is 0. The van der Waals surface area contributed by atoms with Crippen LogP contribution >= 0.6 is 0 Å². The molecule has 0 saturated carbocycles. The molecule has 2 heteroatoms. The van der Waals surface area contributed by atoms with E-state index in [-0.39, 0.29) is 0 Å². The van der Waals surface area contributed by atoms with Gasteiger partial charge in [0, 0.05) is 25.0 Å². The van der Waals surface area contributed by atoms with Gasteiger partial charge in [-0.2, -0.15) is 0 Å². The highest BCUT2D eigenvalue weighted by atomic mass is 16.4. The topological polar surface area (TPSA) is 16.4 Å². The number of para-hydroxylation sites is 1. The summed E-state index contributed by atoms with van der Waals surface area (Å²) in [5.74, 6) is 0.980. The fourth-order valence-corrected chi connectivity index (χ4v) is 1.79. The van der Waals surface area contributed by atoms with Crippen LogP contribution in [0.2, 0.25) is 0 Å². The van der Waals surface area contributed by atoms with Crippen molar-refractivity contribution in [2.45, 2.75) is 13.3 Å². The highest BCUT2D eigenvalue weighted by Crippen LogP contribution is 2.31. The standard InChI is InChI=1S/C12H15NO/c1-4-9-10-7-5-6-8-11(10)14-12(9)13(2)3/h5-8H,4H2,1-3H3. The number of anilines is 1. The summed E-state index contributed by atoms with van der Waals surface area (Å²) in [6.07, 6.45) is 1.00. The second-order valence-corrected chi connectivity index (χ2v) is 3.63. The van der Waals surface area contributed by atoms with Gasteiger partial charge in [-0.1, -0.05) is 25.1 Å². The molecule has 0 unspecified atom stereocenters. The Morgan fingerprint density at radius 2 is 1.93 bits per heavy atom. The predicted molar refractivity (Wildman–Crippen MR) is 59.9 cm³/mol. The summed E-state index contributed by atoms with van der Waals surface area (Å²) in [5.41, 5.74) is 2.28. The maximum atomic E-state index is 5.78. The van der Waals surface area contributed by atoms with Crippen LogP contribution in [0.1, 0.15) is 12.5 Å². The Bertz CT molecular complexity index is 443. The number of hydrogen-bond donors (Lipinski definition) is 0. The van der Waals surface area contributed by atoms with E-state index in [0.29, 0.717) is 0 Å². The van der Waals surface area contributed by atoms with Crippen molar-refractivity contribution >= 4 is 16.9 Å². The molecule has 0 aliphatic rings. The van der Waals surface area contributed by atoms with E-state index in [4.69, 9.17) is 4.42 Å². The van der Waals surface area contributed by atoms with Crippen molar-refractivity contribution in [1.29, 1.82) is 0 Å². The summed E-state index contributed by atoms with van der Waals surface area (Å²) < 4.78 is 5.78. The molecule has 1 heterocycles. The second-order valence-electron chi connectivity index (χ2n) is 3.63. The van der Waals surface area contributed by atoms with Gasteiger partial charge in [0.25, 0.3) is 0 Å². The van der Waals surface area contributed by atoms with Gasteiger partial charge in [-0.25, -0.2) is 0 Å². The summed E-state index contributed by atoms with van der Waals surface area (Å²) in [6.45, 7) is 2.16. The molecule has 0 amide bonds. The zero-order valence-corrected chi connectivity index (χ0v) is 8.87. The number of hydrogen-bond acceptors (Lipinski definition) is 2. The van der Waals surface area contributed by atoms with Crippen LogP contribution in [0.4, 0.5) is 5.88 Å². The summed E-state index contributed by atoms with van der Waals surface area (Å²) in [5, 5.41) is 1.23. The van der Waals surface area contributed by atoms with Crippen molar-refractivity contribution in [1.82, 2.24) is 0 Å². The molecule has 0 radical (unpaired) electrons. The zero-order chi connectivity index (χ0) is 10.1. The lowest BCUT2D eigenvalue weighted by Gasteiger charge is -2.09. The third-order valence-electron chi connectivity index (χ3n) is 2.44. The molecule has 1 aromatic heterocycles. The lowest BCUT2D eigenvalue weighted by molar-refractivity contribution is 0.605. The van der Waals surface area contributed by atoms with Gasteiger partial charge in [0.05, 0.1) is 0 Å². The molecule has 0 saturated heterocycles. The van der Waals surface area contributed by atoms with Gasteiger partial charge in [0.1, 0.15) is 5.58 Å². The first kappa shape index (κ1) is 9.13. The maximum absolute atomic E-state index is 5.78. The smallest absolute Gasteiger partial charge is 0.199 e. The van der Waals surface area contributed by atoms with E-state index < -0.39 is 0 Å². The first-order valence-corrected chi connectivity index (χ1v) is 4.91. The van der Waals surface area contributed by atoms with E-state index in [1.807, 2.05) is 31.1 Å². The Morgan fingerprint density at radius 3 is 2.57 bits per heavy atom. The average Bonchev–Trinajstić information content (AvgIpc) is 2.56. The second kappa shape index (κ2) is 3.37. The molecular weight excluding hydrogens is 174 g/mol. The molecule has 0 aliphatic carbocycles. The van der Waals surface area contributed by atoms with Crippen molar-refractivity contribution in [3.05, 3.63) is 29.8 Å². The molecule has 0 aliphatic heterocycles. The number of nitrogens with zero attached hydrogens (tertiary/aromatic N) is 1. The van der Waals surface area contributed by atoms with E-state index in [1.165, 1.54) is 10.9 Å². The molecule has 0 bridgehead atoms. The van der Waals surface area contributed by atoms with Gasteiger partial charge in [0.2, 0.25) is 0 Å². The quantitative estimate of drug-likeness (QED) is 0.722. The van der Waals surface area contributed by atoms with Gasteiger partial charge in [0.15, 0.2) is 5.88 Å². The Hall–Kier alpha value is -1.44. The predicted octanol–water partition coefficient (Wildman–Crippen LogP) is 3.06. The monoisotopic (exact) mass is 189 g/mol. The van der Waals surface area contributed by atoms with E-state index in [1.54, 1.807) is 0 Å². The SMILES string of the molecule is CCc1c(N(C)C)oc2ccccc12. The van der Waals surface area contributed by atoms with Crippen LogP contribution in [0.15, 0.2) is 28.7 Å². The number of fused-ring (bicyclic) bond motifs is 1. The van der Waals surface area contributed by atoms with Gasteiger partial charge >= 0.3 is 0 Å². The van der Waals surface area contributed by atoms with Gasteiger partial charge in [-0.15, -0.1) is 0 Å². The molecule has 0 N–H and O–H groups in total. The van der Waals surface area contributed by atoms with Gasteiger partial charge < -0.3 is 9.32 Å². The van der Waals surface area contributed by atoms with E-state index in [0.717, 1.165) is 17.9 Å². The largest absolute Gasteiger partial charge is 0.440 e. The van der Waals surface area contributed by atoms with Gasteiger partial charge in [-0.05, 0) is 12.5 Å². The molecule has 1 aromatic carbocycles. The normalized spacial score (nSPS) is 10.8. The Labute approximate surface area is 84.1 Å². The molecule has 0 fully saturated rings. The number of furan rings is 1. The number of aryl methyl sites for hydroxylation is 1. The molecule has 2 rings (SSSR count). The summed E-state index contributed by atoms with van der Waals surface area (Å²) in [7, 11) is 4.02. The Morgan fingerprint density at radius 1 is 1.21 bits per heavy atom. The summed E-state index contributed by atoms with van der Waals surface area (Å²) in [6, 6.07) is 8.19. The number of benzene rings is 1. The molecule has 0 atom stereocenters. The van der Waals surface area contributed by atoms with Crippen LogP contribution in [0.25, 0.3) is 11.0 Å². The minimum Gasteiger partial charge on any atom is -0.440 e. The first-order valence-electron chi connectivity index (χ1n) is 4.91. The highest BCUT2D eigenvalue weighted by molar-refractivity contribution is 5.86. The Kier molecular flexibility index (Phi) is 2.20. The lowest BCUT2D eigenvalue weighted by Crippen LogP contribution is -2.09. The van der Waals surface area contributed by atoms with Crippen LogP contribution in [-0.4, -0.2) is 14.1 Å². The van der Waals surface area contributed by atoms with E-state index >= 15 is 0 Å². The van der Waals surface area contributed by atoms with Crippen molar-refractivity contribution < 1.29 is 4.42 Å². The summed E-state index contributed by atoms with van der Waals surface area (Å²) in [4.78, 5) is 2.03. The molecule has 14 heavy (non-hydrogen) atoms. The zero-order valence-electron chi connectivity index (χ0n) is 8.87. The average molecular weight is 189 g/mol. The van der Waals surface area contributed by atoms with Crippen LogP contribution < -0.4 is 4.90 Å². The van der Waals surface area contributed by atoms with Crippen LogP contribution in [-0.2, 0) is 6.42 Å². The molecule has 74 valence electrons. The van der Waals surface area contributed by atoms with Crippen molar-refractivity contribution in [3.63, 3.8) is 0 Å². The van der Waals surface area contributed by atoms with Crippen LogP contribution in [0.3, 0.4) is 0 Å². The molecule has 2 nitrogen and oxygen atoms in total. The lowest BCUT2D eigenvalue weighted by atomic mass is 10.1. The highest BCUT2D eigenvalue weighted by Gasteiger charge is 2.12. The fraction of sp³-hybridized carbons (Fsp3) is 0.333. The molecule has 0 spiro atoms. The Balaban J connectivity index is 2.72. The number of rotatable bonds is 2. The van der Waals surface area contributed by atoms with E-state index in [2.05, 4.69) is 19.1 Å². The first-order chi connectivity index (χ1) is 6.74. The molecule has 2 aromatic rings.